The Labute approximate surface area is 153 Å². The quantitative estimate of drug-likeness (QED) is 0.743. The van der Waals surface area contributed by atoms with E-state index >= 15 is 0 Å². The smallest absolute Gasteiger partial charge is 0.253 e. The van der Waals surface area contributed by atoms with E-state index in [1.165, 1.54) is 6.92 Å². The molecule has 0 aliphatic carbocycles. The van der Waals surface area contributed by atoms with Gasteiger partial charge >= 0.3 is 0 Å². The molecule has 1 aliphatic rings. The summed E-state index contributed by atoms with van der Waals surface area (Å²) in [5, 5.41) is 0. The first-order valence-electron chi connectivity index (χ1n) is 8.78. The van der Waals surface area contributed by atoms with Crippen LogP contribution in [-0.4, -0.2) is 36.8 Å². The van der Waals surface area contributed by atoms with Crippen molar-refractivity contribution in [3.63, 3.8) is 0 Å². The van der Waals surface area contributed by atoms with Crippen molar-refractivity contribution in [3.8, 4) is 11.5 Å². The molecule has 0 saturated carbocycles. The van der Waals surface area contributed by atoms with Gasteiger partial charge in [-0.05, 0) is 49.6 Å². The maximum atomic E-state index is 12.4. The number of rotatable bonds is 6. The molecule has 1 amide bonds. The number of ketones is 1. The van der Waals surface area contributed by atoms with E-state index in [0.29, 0.717) is 29.2 Å². The molecule has 0 atom stereocenters. The molecule has 1 aliphatic heterocycles. The van der Waals surface area contributed by atoms with Gasteiger partial charge in [0.15, 0.2) is 5.78 Å². The molecule has 5 nitrogen and oxygen atoms in total. The second-order valence-corrected chi connectivity index (χ2v) is 6.40. The number of ether oxygens (including phenoxy) is 2. The van der Waals surface area contributed by atoms with Crippen molar-refractivity contribution in [2.75, 3.05) is 20.2 Å². The fraction of sp³-hybridized carbons (Fsp3) is 0.333. The average Bonchev–Trinajstić information content (AvgIpc) is 3.20. The molecule has 136 valence electrons. The zero-order chi connectivity index (χ0) is 18.5. The maximum absolute atomic E-state index is 12.4. The third kappa shape index (κ3) is 4.04. The minimum absolute atomic E-state index is 0.0609. The first kappa shape index (κ1) is 18.0. The van der Waals surface area contributed by atoms with E-state index in [-0.39, 0.29) is 11.7 Å². The van der Waals surface area contributed by atoms with Gasteiger partial charge in [-0.3, -0.25) is 9.59 Å². The number of carbonyl (C=O) groups excluding carboxylic acids is 2. The Morgan fingerprint density at radius 3 is 2.35 bits per heavy atom. The molecule has 0 spiro atoms. The van der Waals surface area contributed by atoms with Crippen molar-refractivity contribution in [1.82, 2.24) is 4.90 Å². The van der Waals surface area contributed by atoms with E-state index in [2.05, 4.69) is 0 Å². The fourth-order valence-corrected chi connectivity index (χ4v) is 3.05. The number of nitrogens with zero attached hydrogens (tertiary/aromatic N) is 1. The highest BCUT2D eigenvalue weighted by Crippen LogP contribution is 2.26. The van der Waals surface area contributed by atoms with Crippen LogP contribution in [0.4, 0.5) is 0 Å². The van der Waals surface area contributed by atoms with Gasteiger partial charge in [0.05, 0.1) is 12.7 Å². The number of methoxy groups -OCH3 is 1. The molecule has 2 aromatic carbocycles. The summed E-state index contributed by atoms with van der Waals surface area (Å²) in [6.07, 6.45) is 2.16. The summed E-state index contributed by atoms with van der Waals surface area (Å²) in [4.78, 5) is 26.0. The van der Waals surface area contributed by atoms with Gasteiger partial charge in [-0.2, -0.15) is 0 Å². The molecule has 0 N–H and O–H groups in total. The topological polar surface area (TPSA) is 55.8 Å². The summed E-state index contributed by atoms with van der Waals surface area (Å²) in [6, 6.07) is 12.6. The maximum Gasteiger partial charge on any atom is 0.253 e. The highest BCUT2D eigenvalue weighted by Gasteiger charge is 2.19. The van der Waals surface area contributed by atoms with Gasteiger partial charge < -0.3 is 14.4 Å². The van der Waals surface area contributed by atoms with Crippen molar-refractivity contribution >= 4 is 11.7 Å². The number of Topliss-reactive ketones (excluding diaryl/α,β-unsaturated/α-hetero) is 1. The predicted octanol–water partition coefficient (Wildman–Crippen LogP) is 3.71. The molecular formula is C21H23NO4. The molecular weight excluding hydrogens is 330 g/mol. The van der Waals surface area contributed by atoms with Crippen molar-refractivity contribution in [1.29, 1.82) is 0 Å². The van der Waals surface area contributed by atoms with Crippen molar-refractivity contribution < 1.29 is 19.1 Å². The lowest BCUT2D eigenvalue weighted by Gasteiger charge is -2.15. The van der Waals surface area contributed by atoms with Crippen LogP contribution in [0.1, 0.15) is 46.0 Å². The molecule has 1 heterocycles. The molecule has 0 unspecified atom stereocenters. The fourth-order valence-electron chi connectivity index (χ4n) is 3.05. The minimum Gasteiger partial charge on any atom is -0.497 e. The van der Waals surface area contributed by atoms with Crippen LogP contribution < -0.4 is 9.47 Å². The second kappa shape index (κ2) is 8.04. The highest BCUT2D eigenvalue weighted by molar-refractivity contribution is 5.97. The lowest BCUT2D eigenvalue weighted by molar-refractivity contribution is 0.0792. The number of amides is 1. The molecule has 0 aromatic heterocycles. The summed E-state index contributed by atoms with van der Waals surface area (Å²) in [7, 11) is 1.57. The third-order valence-electron chi connectivity index (χ3n) is 4.56. The van der Waals surface area contributed by atoms with Crippen LogP contribution in [0.25, 0.3) is 0 Å². The highest BCUT2D eigenvalue weighted by atomic mass is 16.5. The number of carbonyl (C=O) groups is 2. The second-order valence-electron chi connectivity index (χ2n) is 6.40. The van der Waals surface area contributed by atoms with Crippen LogP contribution in [0.15, 0.2) is 42.5 Å². The third-order valence-corrected chi connectivity index (χ3v) is 4.56. The van der Waals surface area contributed by atoms with Crippen LogP contribution in [0.5, 0.6) is 11.5 Å². The normalized spacial score (nSPS) is 13.5. The molecule has 26 heavy (non-hydrogen) atoms. The summed E-state index contributed by atoms with van der Waals surface area (Å²) < 4.78 is 11.0. The molecule has 0 radical (unpaired) electrons. The summed E-state index contributed by atoms with van der Waals surface area (Å²) >= 11 is 0. The van der Waals surface area contributed by atoms with E-state index in [4.69, 9.17) is 9.47 Å². The number of hydrogen-bond donors (Lipinski definition) is 0. The zero-order valence-corrected chi connectivity index (χ0v) is 15.2. The number of hydrogen-bond acceptors (Lipinski definition) is 4. The van der Waals surface area contributed by atoms with E-state index < -0.39 is 0 Å². The van der Waals surface area contributed by atoms with E-state index in [0.717, 1.165) is 31.5 Å². The standard InChI is InChI=1S/C21H23NO4/c1-15(23)19-10-9-18(25-2)13-20(19)26-14-16-5-7-17(8-6-16)21(24)22-11-3-4-12-22/h5-10,13H,3-4,11-12,14H2,1-2H3. The Kier molecular flexibility index (Phi) is 5.56. The lowest BCUT2D eigenvalue weighted by atomic mass is 10.1. The van der Waals surface area contributed by atoms with Crippen molar-refractivity contribution in [3.05, 3.63) is 59.2 Å². The molecule has 2 aromatic rings. The summed E-state index contributed by atoms with van der Waals surface area (Å²) in [5.41, 5.74) is 2.15. The number of benzene rings is 2. The Hall–Kier alpha value is -2.82. The van der Waals surface area contributed by atoms with Gasteiger partial charge in [0.2, 0.25) is 0 Å². The first-order chi connectivity index (χ1) is 12.6. The van der Waals surface area contributed by atoms with Crippen molar-refractivity contribution in [2.24, 2.45) is 0 Å². The largest absolute Gasteiger partial charge is 0.497 e. The molecule has 5 heteroatoms. The average molecular weight is 353 g/mol. The molecule has 3 rings (SSSR count). The van der Waals surface area contributed by atoms with E-state index in [9.17, 15) is 9.59 Å². The van der Waals surface area contributed by atoms with Crippen molar-refractivity contribution in [2.45, 2.75) is 26.4 Å². The first-order valence-corrected chi connectivity index (χ1v) is 8.78. The zero-order valence-electron chi connectivity index (χ0n) is 15.2. The Balaban J connectivity index is 1.68. The molecule has 1 fully saturated rings. The van der Waals surface area contributed by atoms with Crippen LogP contribution in [-0.2, 0) is 6.61 Å². The van der Waals surface area contributed by atoms with E-state index in [1.54, 1.807) is 25.3 Å². The number of likely N-dealkylation sites (tertiary alicyclic amines) is 1. The summed E-state index contributed by atoms with van der Waals surface area (Å²) in [6.45, 7) is 3.50. The monoisotopic (exact) mass is 353 g/mol. The predicted molar refractivity (Wildman–Crippen MR) is 98.9 cm³/mol. The van der Waals surface area contributed by atoms with E-state index in [1.807, 2.05) is 29.2 Å². The van der Waals surface area contributed by atoms with Gasteiger partial charge in [-0.15, -0.1) is 0 Å². The van der Waals surface area contributed by atoms with Gasteiger partial charge in [-0.1, -0.05) is 12.1 Å². The van der Waals surface area contributed by atoms with Gasteiger partial charge in [0.1, 0.15) is 18.1 Å². The van der Waals surface area contributed by atoms with Crippen LogP contribution >= 0.6 is 0 Å². The lowest BCUT2D eigenvalue weighted by Crippen LogP contribution is -2.27. The minimum atomic E-state index is -0.0609. The Morgan fingerprint density at radius 1 is 1.04 bits per heavy atom. The van der Waals surface area contributed by atoms with Gasteiger partial charge in [0, 0.05) is 24.7 Å². The Morgan fingerprint density at radius 2 is 1.73 bits per heavy atom. The summed E-state index contributed by atoms with van der Waals surface area (Å²) in [5.74, 6) is 1.15. The Bertz CT molecular complexity index is 792. The molecule has 0 bridgehead atoms. The van der Waals surface area contributed by atoms with Gasteiger partial charge in [-0.25, -0.2) is 0 Å². The SMILES string of the molecule is COc1ccc(C(C)=O)c(OCc2ccc(C(=O)N3CCCC3)cc2)c1. The van der Waals surface area contributed by atoms with Gasteiger partial charge in [0.25, 0.3) is 5.91 Å². The van der Waals surface area contributed by atoms with Crippen LogP contribution in [0, 0.1) is 0 Å². The van der Waals surface area contributed by atoms with Crippen LogP contribution in [0.2, 0.25) is 0 Å². The van der Waals surface area contributed by atoms with Crippen LogP contribution in [0.3, 0.4) is 0 Å². The molecule has 1 saturated heterocycles.